The summed E-state index contributed by atoms with van der Waals surface area (Å²) in [6, 6.07) is -0.847. The summed E-state index contributed by atoms with van der Waals surface area (Å²) >= 11 is 2.38. The van der Waals surface area contributed by atoms with Crippen molar-refractivity contribution in [1.82, 2.24) is 35.3 Å². The lowest BCUT2D eigenvalue weighted by molar-refractivity contribution is -0.129. The van der Waals surface area contributed by atoms with Crippen molar-refractivity contribution in [3.63, 3.8) is 0 Å². The van der Waals surface area contributed by atoms with E-state index in [-0.39, 0.29) is 23.6 Å². The van der Waals surface area contributed by atoms with Crippen LogP contribution in [0.1, 0.15) is 78.4 Å². The first kappa shape index (κ1) is 28.2. The van der Waals surface area contributed by atoms with Gasteiger partial charge in [0.2, 0.25) is 11.7 Å². The molecule has 11 nitrogen and oxygen atoms in total. The number of aryl methyl sites for hydroxylation is 1. The Balaban J connectivity index is 1.76. The molecule has 1 saturated carbocycles. The van der Waals surface area contributed by atoms with Crippen LogP contribution in [0.15, 0.2) is 9.64 Å². The number of carbonyl (C=O) groups is 3. The summed E-state index contributed by atoms with van der Waals surface area (Å²) in [5.74, 6) is -0.428. The van der Waals surface area contributed by atoms with Crippen molar-refractivity contribution in [3.8, 4) is 0 Å². The largest absolute Gasteiger partial charge is 0.408 e. The van der Waals surface area contributed by atoms with Crippen LogP contribution in [-0.2, 0) is 4.79 Å². The van der Waals surface area contributed by atoms with Crippen molar-refractivity contribution in [2.24, 2.45) is 5.92 Å². The van der Waals surface area contributed by atoms with Crippen molar-refractivity contribution in [3.05, 3.63) is 16.5 Å². The number of nitrogens with one attached hydrogen (secondary N) is 2. The number of amides is 2. The predicted octanol–water partition coefficient (Wildman–Crippen LogP) is 2.73. The second-order valence-electron chi connectivity index (χ2n) is 9.83. The van der Waals surface area contributed by atoms with Gasteiger partial charge in [0.25, 0.3) is 17.0 Å². The van der Waals surface area contributed by atoms with Crippen LogP contribution in [0.3, 0.4) is 0 Å². The Morgan fingerprint density at radius 2 is 1.86 bits per heavy atom. The van der Waals surface area contributed by atoms with E-state index in [2.05, 4.69) is 30.4 Å². The minimum Gasteiger partial charge on any atom is -0.408 e. The lowest BCUT2D eigenvalue weighted by atomic mass is 9.80. The van der Waals surface area contributed by atoms with Crippen molar-refractivity contribution in [2.45, 2.75) is 76.1 Å². The maximum atomic E-state index is 13.7. The van der Waals surface area contributed by atoms with Gasteiger partial charge in [0.15, 0.2) is 0 Å². The summed E-state index contributed by atoms with van der Waals surface area (Å²) in [4.78, 5) is 42.4. The molecule has 13 heteroatoms. The van der Waals surface area contributed by atoms with Crippen LogP contribution in [0.2, 0.25) is 0 Å². The normalized spacial score (nSPS) is 16.2. The standard InChI is InChI=1S/C23H35N7O4S2/c1-14(2)13-16(17(31)20-27-28-22(34-20)35-12-11-30(4)5)24-21(33)23(9-7-6-8-10-23)25-19(32)18-15(3)26-29-36-18/h14,16H,6-13H2,1-5H3,(H,24,33)(H,25,32). The molecule has 2 aromatic heterocycles. The van der Waals surface area contributed by atoms with Crippen molar-refractivity contribution < 1.29 is 18.8 Å². The number of nitrogens with zero attached hydrogens (tertiary/aromatic N) is 5. The summed E-state index contributed by atoms with van der Waals surface area (Å²) < 4.78 is 9.44. The Morgan fingerprint density at radius 3 is 2.47 bits per heavy atom. The van der Waals surface area contributed by atoms with Gasteiger partial charge in [-0.2, -0.15) is 0 Å². The third-order valence-corrected chi connectivity index (χ3v) is 7.69. The molecule has 1 unspecified atom stereocenters. The van der Waals surface area contributed by atoms with E-state index in [9.17, 15) is 14.4 Å². The molecule has 1 aliphatic rings. The number of hydrogen-bond donors (Lipinski definition) is 2. The molecule has 198 valence electrons. The van der Waals surface area contributed by atoms with Crippen LogP contribution >= 0.6 is 23.3 Å². The fourth-order valence-electron chi connectivity index (χ4n) is 4.11. The molecule has 0 radical (unpaired) electrons. The Morgan fingerprint density at radius 1 is 1.14 bits per heavy atom. The zero-order chi connectivity index (χ0) is 26.3. The van der Waals surface area contributed by atoms with E-state index in [1.165, 1.54) is 11.8 Å². The Hall–Kier alpha value is -2.38. The third-order valence-electron chi connectivity index (χ3n) is 6.06. The number of carbonyl (C=O) groups excluding carboxylic acids is 3. The van der Waals surface area contributed by atoms with E-state index in [0.717, 1.165) is 43.1 Å². The van der Waals surface area contributed by atoms with Gasteiger partial charge in [-0.15, -0.1) is 15.3 Å². The summed E-state index contributed by atoms with van der Waals surface area (Å²) in [6.45, 7) is 6.48. The van der Waals surface area contributed by atoms with Crippen LogP contribution in [0, 0.1) is 12.8 Å². The minimum atomic E-state index is -1.11. The summed E-state index contributed by atoms with van der Waals surface area (Å²) in [5, 5.41) is 18.0. The second-order valence-corrected chi connectivity index (χ2v) is 11.6. The highest BCUT2D eigenvalue weighted by Gasteiger charge is 2.43. The van der Waals surface area contributed by atoms with Gasteiger partial charge in [-0.3, -0.25) is 14.4 Å². The van der Waals surface area contributed by atoms with E-state index in [1.54, 1.807) is 6.92 Å². The lowest BCUT2D eigenvalue weighted by Crippen LogP contribution is -2.62. The number of thioether (sulfide) groups is 1. The molecule has 2 N–H and O–H groups in total. The molecule has 1 aliphatic carbocycles. The highest BCUT2D eigenvalue weighted by Crippen LogP contribution is 2.30. The molecular weight excluding hydrogens is 502 g/mol. The summed E-state index contributed by atoms with van der Waals surface area (Å²) in [7, 11) is 3.94. The van der Waals surface area contributed by atoms with Crippen LogP contribution in [0.5, 0.6) is 0 Å². The number of rotatable bonds is 12. The SMILES string of the molecule is Cc1nnsc1C(=O)NC1(C(=O)NC(CC(C)C)C(=O)c2nnc(SCCN(C)C)o2)CCCCC1. The van der Waals surface area contributed by atoms with Gasteiger partial charge < -0.3 is 20.0 Å². The van der Waals surface area contributed by atoms with Gasteiger partial charge in [0.1, 0.15) is 10.4 Å². The molecule has 0 aromatic carbocycles. The quantitative estimate of drug-likeness (QED) is 0.306. The van der Waals surface area contributed by atoms with Gasteiger partial charge in [0.05, 0.1) is 11.7 Å². The predicted molar refractivity (Wildman–Crippen MR) is 137 cm³/mol. The highest BCUT2D eigenvalue weighted by atomic mass is 32.2. The van der Waals surface area contributed by atoms with E-state index >= 15 is 0 Å². The van der Waals surface area contributed by atoms with Gasteiger partial charge >= 0.3 is 0 Å². The van der Waals surface area contributed by atoms with E-state index in [0.29, 0.717) is 35.1 Å². The molecule has 1 fully saturated rings. The van der Waals surface area contributed by atoms with Gasteiger partial charge in [-0.05, 0) is 57.7 Å². The fraction of sp³-hybridized carbons (Fsp3) is 0.696. The highest BCUT2D eigenvalue weighted by molar-refractivity contribution is 7.99. The average Bonchev–Trinajstić information content (AvgIpc) is 3.47. The topological polar surface area (TPSA) is 143 Å². The molecule has 2 heterocycles. The molecule has 0 bridgehead atoms. The summed E-state index contributed by atoms with van der Waals surface area (Å²) in [6.07, 6.45) is 3.97. The Bertz CT molecular complexity index is 1050. The van der Waals surface area contributed by atoms with E-state index < -0.39 is 17.4 Å². The van der Waals surface area contributed by atoms with Crippen molar-refractivity contribution in [2.75, 3.05) is 26.4 Å². The molecule has 2 amide bonds. The monoisotopic (exact) mass is 537 g/mol. The average molecular weight is 538 g/mol. The summed E-state index contributed by atoms with van der Waals surface area (Å²) in [5.41, 5.74) is -0.587. The zero-order valence-electron chi connectivity index (χ0n) is 21.5. The number of hydrogen-bond acceptors (Lipinski definition) is 11. The van der Waals surface area contributed by atoms with Gasteiger partial charge in [0, 0.05) is 12.3 Å². The molecule has 0 saturated heterocycles. The maximum Gasteiger partial charge on any atom is 0.286 e. The van der Waals surface area contributed by atoms with Crippen LogP contribution in [-0.4, -0.2) is 80.3 Å². The number of aromatic nitrogens is 4. The van der Waals surface area contributed by atoms with Crippen LogP contribution in [0.25, 0.3) is 0 Å². The van der Waals surface area contributed by atoms with Crippen LogP contribution < -0.4 is 10.6 Å². The smallest absolute Gasteiger partial charge is 0.286 e. The minimum absolute atomic E-state index is 0.124. The molecule has 3 rings (SSSR count). The van der Waals surface area contributed by atoms with Crippen molar-refractivity contribution >= 4 is 40.9 Å². The third kappa shape index (κ3) is 7.32. The number of Topliss-reactive ketones (excluding diaryl/α,β-unsaturated/α-hetero) is 1. The Kier molecular flexibility index (Phi) is 9.97. The molecule has 0 aliphatic heterocycles. The van der Waals surface area contributed by atoms with E-state index in [4.69, 9.17) is 4.42 Å². The molecule has 0 spiro atoms. The Labute approximate surface area is 219 Å². The second kappa shape index (κ2) is 12.7. The number of ketones is 1. The first-order valence-electron chi connectivity index (χ1n) is 12.2. The fourth-order valence-corrected chi connectivity index (χ4v) is 5.53. The first-order chi connectivity index (χ1) is 17.1. The maximum absolute atomic E-state index is 13.7. The van der Waals surface area contributed by atoms with Crippen molar-refractivity contribution in [1.29, 1.82) is 0 Å². The van der Waals surface area contributed by atoms with Gasteiger partial charge in [-0.25, -0.2) is 0 Å². The first-order valence-corrected chi connectivity index (χ1v) is 13.9. The zero-order valence-corrected chi connectivity index (χ0v) is 23.1. The molecule has 2 aromatic rings. The van der Waals surface area contributed by atoms with Gasteiger partial charge in [-0.1, -0.05) is 49.4 Å². The van der Waals surface area contributed by atoms with Crippen LogP contribution in [0.4, 0.5) is 0 Å². The molecule has 36 heavy (non-hydrogen) atoms. The lowest BCUT2D eigenvalue weighted by Gasteiger charge is -2.37. The molecule has 1 atom stereocenters. The van der Waals surface area contributed by atoms with E-state index in [1.807, 2.05) is 32.8 Å². The molecular formula is C23H35N7O4S2.